The van der Waals surface area contributed by atoms with Crippen LogP contribution in [0, 0.1) is 0 Å². The van der Waals surface area contributed by atoms with Crippen molar-refractivity contribution in [1.29, 1.82) is 0 Å². The van der Waals surface area contributed by atoms with Crippen LogP contribution in [0.25, 0.3) is 0 Å². The van der Waals surface area contributed by atoms with E-state index >= 15 is 0 Å². The Morgan fingerprint density at radius 2 is 0.878 bits per heavy atom. The summed E-state index contributed by atoms with van der Waals surface area (Å²) in [4.78, 5) is 21.0. The number of imidazole rings is 1. The van der Waals surface area contributed by atoms with Gasteiger partial charge in [0.2, 0.25) is 0 Å². The van der Waals surface area contributed by atoms with E-state index in [-0.39, 0.29) is 5.97 Å². The van der Waals surface area contributed by atoms with Gasteiger partial charge in [-0.2, -0.15) is 0 Å². The number of hydrogen-bond donors (Lipinski definition) is 1. The molecule has 1 heterocycles. The topological polar surface area (TPSA) is 55.0 Å². The fourth-order valence-electron chi connectivity index (χ4n) is 6.68. The fraction of sp³-hybridized carbons (Fsp3) is 0.889. The monoisotopic (exact) mass is 595 g/mol. The van der Waals surface area contributed by atoms with Crippen molar-refractivity contribution >= 4 is 12.8 Å². The van der Waals surface area contributed by atoms with Gasteiger partial charge in [0.05, 0.1) is 0 Å². The summed E-state index contributed by atoms with van der Waals surface area (Å²) in [6, 6.07) is 0. The molecule has 1 aromatic rings. The summed E-state index contributed by atoms with van der Waals surface area (Å²) >= 11 is 0. The average molecular weight is 595 g/mol. The number of carbonyl (C=O) groups excluding carboxylic acids is 1. The molecule has 0 saturated heterocycles. The summed E-state index contributed by atoms with van der Waals surface area (Å²) in [5.41, 5.74) is 0. The van der Waals surface area contributed by atoms with Crippen LogP contribution >= 0.6 is 6.83 Å². The Balaban J connectivity index is 2.95. The molecule has 0 aromatic carbocycles. The third-order valence-corrected chi connectivity index (χ3v) is 15.8. The molecule has 0 atom stereocenters. The van der Waals surface area contributed by atoms with Gasteiger partial charge in [0.15, 0.2) is 0 Å². The van der Waals surface area contributed by atoms with E-state index in [0.717, 1.165) is 24.6 Å². The molecule has 0 aliphatic carbocycles. The summed E-state index contributed by atoms with van der Waals surface area (Å²) in [6.07, 6.45) is 39.3. The van der Waals surface area contributed by atoms with E-state index < -0.39 is 6.83 Å². The Kier molecular flexibility index (Phi) is 22.8. The third kappa shape index (κ3) is 17.1. The average Bonchev–Trinajstić information content (AvgIpc) is 3.53. The standard InChI is InChI=1S/C36H71N2O2P/c1-5-9-13-17-18-19-20-21-22-23-24-28-34-41(31-25-14-10-6-2,32-26-15-11-7-3,33-27-16-12-8-4)40-36(39)35-37-29-30-38-35/h29-30H,5-28,31-34H2,1-4H3,(H,37,38). The van der Waals surface area contributed by atoms with Gasteiger partial charge in [0, 0.05) is 0 Å². The molecule has 0 amide bonds. The zero-order valence-corrected chi connectivity index (χ0v) is 29.1. The van der Waals surface area contributed by atoms with E-state index in [9.17, 15) is 4.79 Å². The molecule has 1 rings (SSSR count). The van der Waals surface area contributed by atoms with Crippen molar-refractivity contribution in [1.82, 2.24) is 9.97 Å². The zero-order valence-electron chi connectivity index (χ0n) is 28.2. The second-order valence-corrected chi connectivity index (χ2v) is 18.8. The predicted octanol–water partition coefficient (Wildman–Crippen LogP) is 12.5. The van der Waals surface area contributed by atoms with Gasteiger partial charge in [-0.1, -0.05) is 13.3 Å². The molecule has 0 radical (unpaired) electrons. The Hall–Kier alpha value is -0.890. The Bertz CT molecular complexity index is 687. The van der Waals surface area contributed by atoms with Gasteiger partial charge in [0.1, 0.15) is 0 Å². The van der Waals surface area contributed by atoms with Crippen molar-refractivity contribution in [3.8, 4) is 0 Å². The molecule has 0 unspecified atom stereocenters. The first kappa shape index (κ1) is 38.1. The molecule has 0 spiro atoms. The quantitative estimate of drug-likeness (QED) is 0.0712. The number of rotatable bonds is 30. The number of aromatic nitrogens is 2. The second-order valence-electron chi connectivity index (χ2n) is 13.1. The van der Waals surface area contributed by atoms with Crippen molar-refractivity contribution in [3.05, 3.63) is 18.2 Å². The molecule has 0 fully saturated rings. The molecule has 242 valence electrons. The van der Waals surface area contributed by atoms with Crippen LogP contribution in [0.15, 0.2) is 12.4 Å². The summed E-state index contributed by atoms with van der Waals surface area (Å²) in [6.45, 7) is 6.43. The van der Waals surface area contributed by atoms with Crippen LogP contribution in [0.3, 0.4) is 0 Å². The maximum atomic E-state index is 13.6. The SMILES string of the molecule is CCCCCCCCCCCCCCP(CCCCCC)(CCCCCC)(CCCCCC)OC(=O)c1ncc[nH]1. The first-order chi connectivity index (χ1) is 20.0. The van der Waals surface area contributed by atoms with Crippen molar-refractivity contribution in [2.45, 2.75) is 182 Å². The number of nitrogens with one attached hydrogen (secondary N) is 1. The Labute approximate surface area is 256 Å². The van der Waals surface area contributed by atoms with Crippen LogP contribution < -0.4 is 0 Å². The Morgan fingerprint density at radius 1 is 0.561 bits per heavy atom. The minimum atomic E-state index is -2.73. The van der Waals surface area contributed by atoms with E-state index in [2.05, 4.69) is 37.7 Å². The van der Waals surface area contributed by atoms with Crippen molar-refractivity contribution in [2.75, 3.05) is 24.6 Å². The molecule has 41 heavy (non-hydrogen) atoms. The number of carbonyl (C=O) groups is 1. The van der Waals surface area contributed by atoms with Crippen LogP contribution in [0.4, 0.5) is 0 Å². The molecule has 0 saturated carbocycles. The van der Waals surface area contributed by atoms with Crippen LogP contribution in [0.5, 0.6) is 0 Å². The minimum absolute atomic E-state index is 0.187. The van der Waals surface area contributed by atoms with Crippen LogP contribution in [0.2, 0.25) is 0 Å². The van der Waals surface area contributed by atoms with Gasteiger partial charge < -0.3 is 0 Å². The number of nitrogens with zero attached hydrogens (tertiary/aromatic N) is 1. The first-order valence-corrected chi connectivity index (χ1v) is 21.2. The second kappa shape index (κ2) is 24.5. The van der Waals surface area contributed by atoms with E-state index in [1.807, 2.05) is 0 Å². The van der Waals surface area contributed by atoms with E-state index in [0.29, 0.717) is 5.82 Å². The van der Waals surface area contributed by atoms with Crippen LogP contribution in [-0.2, 0) is 4.52 Å². The molecule has 4 nitrogen and oxygen atoms in total. The van der Waals surface area contributed by atoms with Crippen LogP contribution in [0.1, 0.15) is 192 Å². The van der Waals surface area contributed by atoms with Gasteiger partial charge in [-0.3, -0.25) is 0 Å². The molecular formula is C36H71N2O2P. The summed E-state index contributed by atoms with van der Waals surface area (Å²) in [5.74, 6) is 0.206. The van der Waals surface area contributed by atoms with Crippen molar-refractivity contribution in [3.63, 3.8) is 0 Å². The molecule has 0 bridgehead atoms. The summed E-state index contributed by atoms with van der Waals surface area (Å²) < 4.78 is 7.01. The number of aromatic amines is 1. The molecule has 5 heteroatoms. The van der Waals surface area contributed by atoms with Gasteiger partial charge in [-0.25, -0.2) is 0 Å². The number of unbranched alkanes of at least 4 members (excludes halogenated alkanes) is 20. The summed E-state index contributed by atoms with van der Waals surface area (Å²) in [5, 5.41) is 0. The van der Waals surface area contributed by atoms with Gasteiger partial charge >= 0.3 is 243 Å². The van der Waals surface area contributed by atoms with Crippen molar-refractivity contribution < 1.29 is 9.32 Å². The third-order valence-electron chi connectivity index (χ3n) is 9.34. The van der Waals surface area contributed by atoms with Gasteiger partial charge in [-0.05, 0) is 0 Å². The van der Waals surface area contributed by atoms with E-state index in [1.54, 1.807) is 12.4 Å². The fourth-order valence-corrected chi connectivity index (χ4v) is 13.0. The normalized spacial score (nSPS) is 12.8. The number of hydrogen-bond acceptors (Lipinski definition) is 3. The van der Waals surface area contributed by atoms with Gasteiger partial charge in [-0.15, -0.1) is 0 Å². The van der Waals surface area contributed by atoms with Gasteiger partial charge in [0.25, 0.3) is 0 Å². The van der Waals surface area contributed by atoms with Crippen molar-refractivity contribution in [2.24, 2.45) is 0 Å². The molecule has 0 aliphatic rings. The molecule has 1 aromatic heterocycles. The molecule has 0 aliphatic heterocycles. The first-order valence-electron chi connectivity index (χ1n) is 18.3. The maximum absolute atomic E-state index is 13.6. The Morgan fingerprint density at radius 3 is 1.20 bits per heavy atom. The molecule has 1 N–H and O–H groups in total. The molecular weight excluding hydrogens is 523 g/mol. The van der Waals surface area contributed by atoms with E-state index in [1.165, 1.54) is 154 Å². The summed E-state index contributed by atoms with van der Waals surface area (Å²) in [7, 11) is 0. The number of H-pyrrole nitrogens is 1. The van der Waals surface area contributed by atoms with E-state index in [4.69, 9.17) is 4.52 Å². The predicted molar refractivity (Wildman–Crippen MR) is 184 cm³/mol. The van der Waals surface area contributed by atoms with Crippen LogP contribution in [-0.4, -0.2) is 40.6 Å². The zero-order chi connectivity index (χ0) is 29.9.